The molecule has 4 aliphatic rings. The molecule has 5 atom stereocenters. The highest BCUT2D eigenvalue weighted by Gasteiger charge is 2.62. The van der Waals surface area contributed by atoms with E-state index in [-0.39, 0.29) is 25.3 Å². The minimum Gasteiger partial charge on any atom is -0.497 e. The van der Waals surface area contributed by atoms with Crippen LogP contribution < -0.4 is 24.8 Å². The van der Waals surface area contributed by atoms with Gasteiger partial charge in [-0.25, -0.2) is 17.9 Å². The molecule has 3 fully saturated rings. The molecular formula is C39H49N7O9S. The van der Waals surface area contributed by atoms with Crippen molar-refractivity contribution in [2.45, 2.75) is 113 Å². The van der Waals surface area contributed by atoms with E-state index in [1.165, 1.54) is 4.90 Å². The molecule has 16 nitrogen and oxygen atoms in total. The van der Waals surface area contributed by atoms with Gasteiger partial charge in [-0.2, -0.15) is 10.1 Å². The maximum absolute atomic E-state index is 14.6. The molecule has 3 N–H and O–H groups in total. The highest BCUT2D eigenvalue weighted by Crippen LogP contribution is 2.46. The minimum absolute atomic E-state index is 0.0145. The molecular weight excluding hydrogens is 743 g/mol. The predicted octanol–water partition coefficient (Wildman–Crippen LogP) is 3.67. The number of hydrogen-bond donors (Lipinski definition) is 3. The molecule has 1 saturated heterocycles. The van der Waals surface area contributed by atoms with Gasteiger partial charge in [-0.15, -0.1) is 0 Å². The van der Waals surface area contributed by atoms with Gasteiger partial charge in [0.05, 0.1) is 18.9 Å². The maximum Gasteiger partial charge on any atom is 0.408 e. The number of benzene rings is 1. The molecule has 0 radical (unpaired) electrons. The first-order chi connectivity index (χ1) is 26.7. The number of carbonyl (C=O) groups is 4. The van der Waals surface area contributed by atoms with Crippen molar-refractivity contribution >= 4 is 44.6 Å². The average molecular weight is 792 g/mol. The lowest BCUT2D eigenvalue weighted by molar-refractivity contribution is -0.141. The van der Waals surface area contributed by atoms with E-state index in [1.54, 1.807) is 57.1 Å². The molecule has 0 bridgehead atoms. The van der Waals surface area contributed by atoms with Crippen LogP contribution in [0, 0.1) is 5.92 Å². The maximum atomic E-state index is 14.6. The largest absolute Gasteiger partial charge is 0.497 e. The highest BCUT2D eigenvalue weighted by atomic mass is 32.2. The van der Waals surface area contributed by atoms with Gasteiger partial charge >= 0.3 is 6.09 Å². The van der Waals surface area contributed by atoms with Crippen LogP contribution in [0.1, 0.15) is 78.6 Å². The topological polar surface area (TPSA) is 200 Å². The molecule has 4 heterocycles. The number of carbonyl (C=O) groups excluding carboxylic acids is 4. The van der Waals surface area contributed by atoms with Crippen molar-refractivity contribution in [3.8, 4) is 17.4 Å². The number of aromatic nitrogens is 3. The molecule has 17 heteroatoms. The quantitative estimate of drug-likeness (QED) is 0.281. The molecule has 2 aliphatic heterocycles. The molecule has 0 unspecified atom stereocenters. The van der Waals surface area contributed by atoms with E-state index in [4.69, 9.17) is 19.2 Å². The first kappa shape index (κ1) is 39.1. The first-order valence-electron chi connectivity index (χ1n) is 19.2. The monoisotopic (exact) mass is 791 g/mol. The number of pyridine rings is 1. The lowest BCUT2D eigenvalue weighted by atomic mass is 10.0. The van der Waals surface area contributed by atoms with Crippen LogP contribution in [-0.4, -0.2) is 100 Å². The van der Waals surface area contributed by atoms with Crippen LogP contribution in [0.5, 0.6) is 11.6 Å². The fourth-order valence-corrected chi connectivity index (χ4v) is 8.75. The van der Waals surface area contributed by atoms with E-state index >= 15 is 0 Å². The summed E-state index contributed by atoms with van der Waals surface area (Å²) in [7, 11) is -2.34. The number of fused-ring (bicyclic) bond motifs is 3. The van der Waals surface area contributed by atoms with Gasteiger partial charge in [0.15, 0.2) is 5.82 Å². The normalized spacial score (nSPS) is 26.5. The number of sulfonamides is 1. The summed E-state index contributed by atoms with van der Waals surface area (Å²) in [5, 5.41) is 10.7. The predicted molar refractivity (Wildman–Crippen MR) is 204 cm³/mol. The van der Waals surface area contributed by atoms with Crippen LogP contribution >= 0.6 is 0 Å². The molecule has 4 amide bonds. The Morgan fingerprint density at radius 1 is 1.07 bits per heavy atom. The Labute approximate surface area is 325 Å². The van der Waals surface area contributed by atoms with Crippen molar-refractivity contribution in [3.05, 3.63) is 54.9 Å². The van der Waals surface area contributed by atoms with E-state index in [0.29, 0.717) is 49.1 Å². The van der Waals surface area contributed by atoms with Crippen molar-refractivity contribution in [1.82, 2.24) is 35.0 Å². The van der Waals surface area contributed by atoms with E-state index < -0.39 is 74.3 Å². The van der Waals surface area contributed by atoms with E-state index in [0.717, 1.165) is 18.2 Å². The summed E-state index contributed by atoms with van der Waals surface area (Å²) < 4.78 is 47.1. The summed E-state index contributed by atoms with van der Waals surface area (Å²) in [5.41, 5.74) is -2.34. The number of nitrogens with one attached hydrogen (secondary N) is 3. The molecule has 3 aromatic rings. The molecule has 2 aromatic heterocycles. The molecule has 56 heavy (non-hydrogen) atoms. The summed E-state index contributed by atoms with van der Waals surface area (Å²) >= 11 is 0. The zero-order valence-corrected chi connectivity index (χ0v) is 32.8. The fourth-order valence-electron chi connectivity index (χ4n) is 7.38. The Hall–Kier alpha value is -5.19. The minimum atomic E-state index is -3.91. The van der Waals surface area contributed by atoms with Gasteiger partial charge in [0.2, 0.25) is 27.7 Å². The summed E-state index contributed by atoms with van der Waals surface area (Å²) in [5.74, 6) is -1.06. The van der Waals surface area contributed by atoms with Crippen molar-refractivity contribution in [2.24, 2.45) is 5.92 Å². The van der Waals surface area contributed by atoms with Crippen LogP contribution in [0.2, 0.25) is 0 Å². The summed E-state index contributed by atoms with van der Waals surface area (Å²) in [6, 6.07) is 6.87. The van der Waals surface area contributed by atoms with Crippen molar-refractivity contribution in [1.29, 1.82) is 0 Å². The van der Waals surface area contributed by atoms with Crippen molar-refractivity contribution in [3.63, 3.8) is 0 Å². The Kier molecular flexibility index (Phi) is 10.7. The second kappa shape index (κ2) is 15.4. The number of methoxy groups -OCH3 is 1. The van der Waals surface area contributed by atoms with Gasteiger partial charge in [0.1, 0.15) is 35.1 Å². The van der Waals surface area contributed by atoms with Crippen LogP contribution in [0.15, 0.2) is 54.9 Å². The lowest BCUT2D eigenvalue weighted by Gasteiger charge is -2.30. The van der Waals surface area contributed by atoms with Crippen LogP contribution in [0.25, 0.3) is 16.6 Å². The Morgan fingerprint density at radius 3 is 2.59 bits per heavy atom. The molecule has 300 valence electrons. The molecule has 1 aromatic carbocycles. The van der Waals surface area contributed by atoms with E-state index in [1.807, 2.05) is 30.4 Å². The second-order valence-electron chi connectivity index (χ2n) is 16.0. The number of amides is 4. The first-order valence-corrected chi connectivity index (χ1v) is 20.7. The molecule has 2 saturated carbocycles. The standard InChI is InChI=1S/C39H49N7O9S/c1-38(2,3)55-37(50)41-30-12-9-7-5-6-8-11-25-22-39(25,36(49)44-56(51,52)28-14-15-28)43-33(47)31-21-27(23-45(31)35(30)48)54-34-29-16-13-26(53-4)19-24(29)20-32(42-34)46-18-10-17-40-46/h8,10-11,13,16-20,25,27-28,30-31H,5-7,9,12,14-15,21-23H2,1-4H3,(H,41,50)(H,43,47)(H,44,49)/b11-8-/t25-,27-,30+,31+,39-/m1/s1. The summed E-state index contributed by atoms with van der Waals surface area (Å²) in [6.45, 7) is 5.13. The number of allylic oxidation sites excluding steroid dienone is 1. The Bertz CT molecular complexity index is 2130. The summed E-state index contributed by atoms with van der Waals surface area (Å²) in [6.07, 6.45) is 9.93. The van der Waals surface area contributed by atoms with Crippen LogP contribution in [-0.2, 0) is 29.1 Å². The van der Waals surface area contributed by atoms with Crippen molar-refractivity contribution in [2.75, 3.05) is 13.7 Å². The molecule has 0 spiro atoms. The van der Waals surface area contributed by atoms with Gasteiger partial charge in [0.25, 0.3) is 5.91 Å². The van der Waals surface area contributed by atoms with Gasteiger partial charge in [-0.3, -0.25) is 19.1 Å². The third-order valence-electron chi connectivity index (χ3n) is 10.5. The van der Waals surface area contributed by atoms with Gasteiger partial charge < -0.3 is 29.7 Å². The smallest absolute Gasteiger partial charge is 0.408 e. The number of rotatable bonds is 8. The highest BCUT2D eigenvalue weighted by molar-refractivity contribution is 7.91. The number of hydrogen-bond acceptors (Lipinski definition) is 11. The van der Waals surface area contributed by atoms with Gasteiger partial charge in [0, 0.05) is 30.1 Å². The fraction of sp³-hybridized carbons (Fsp3) is 0.538. The number of ether oxygens (including phenoxy) is 3. The molecule has 2 aliphatic carbocycles. The Balaban J connectivity index is 1.22. The lowest BCUT2D eigenvalue weighted by Crippen LogP contribution is -2.58. The average Bonchev–Trinajstić information content (AvgIpc) is 4.00. The SMILES string of the molecule is COc1ccc2c(O[C@@H]3C[C@H]4C(=O)N[C@]5(C(=O)NS(=O)(=O)C6CC6)C[C@H]5/C=C\CCCCC[C@H](NC(=O)OC(C)(C)C)C(=O)N4C3)nc(-n3cccn3)cc2c1. The Morgan fingerprint density at radius 2 is 1.88 bits per heavy atom. The van der Waals surface area contributed by atoms with Crippen molar-refractivity contribution < 1.29 is 41.8 Å². The van der Waals surface area contributed by atoms with E-state index in [9.17, 15) is 27.6 Å². The third kappa shape index (κ3) is 8.61. The van der Waals surface area contributed by atoms with Gasteiger partial charge in [-0.05, 0) is 95.0 Å². The summed E-state index contributed by atoms with van der Waals surface area (Å²) in [4.78, 5) is 62.0. The molecule has 7 rings (SSSR count). The zero-order chi connectivity index (χ0) is 39.8. The number of alkyl carbamates (subject to hydrolysis) is 1. The van der Waals surface area contributed by atoms with E-state index in [2.05, 4.69) is 20.5 Å². The van der Waals surface area contributed by atoms with Crippen LogP contribution in [0.3, 0.4) is 0 Å². The second-order valence-corrected chi connectivity index (χ2v) is 18.0. The van der Waals surface area contributed by atoms with Crippen LogP contribution in [0.4, 0.5) is 4.79 Å². The zero-order valence-electron chi connectivity index (χ0n) is 32.0. The third-order valence-corrected chi connectivity index (χ3v) is 12.4. The number of nitrogens with zero attached hydrogens (tertiary/aromatic N) is 4. The van der Waals surface area contributed by atoms with Gasteiger partial charge in [-0.1, -0.05) is 25.0 Å².